The summed E-state index contributed by atoms with van der Waals surface area (Å²) in [6.45, 7) is 3.57. The molecule has 1 aliphatic heterocycles. The molecule has 0 aromatic heterocycles. The standard InChI is InChI=1S/C18H22N2O4/c1-18(2)13(14(18)17(23)24)16(22)20(3)12-9-8-10-6-4-5-7-11(10)19-15(12)21/h4-7,12-14H,8-9H2,1-3H3,(H,19,21)(H,23,24)/t12-,13-,14-/m0/s1. The van der Waals surface area contributed by atoms with E-state index in [9.17, 15) is 19.5 Å². The molecule has 1 aromatic carbocycles. The molecule has 1 fully saturated rings. The van der Waals surface area contributed by atoms with Gasteiger partial charge in [-0.2, -0.15) is 0 Å². The molecule has 3 rings (SSSR count). The number of likely N-dealkylation sites (N-methyl/N-ethyl adjacent to an activating group) is 1. The second-order valence-electron chi connectivity index (χ2n) is 7.26. The maximum absolute atomic E-state index is 12.7. The molecular formula is C18H22N2O4. The van der Waals surface area contributed by atoms with E-state index in [4.69, 9.17) is 0 Å². The molecule has 2 N–H and O–H groups in total. The first kappa shape index (κ1) is 16.5. The van der Waals surface area contributed by atoms with E-state index in [1.165, 1.54) is 4.90 Å². The number of rotatable bonds is 3. The summed E-state index contributed by atoms with van der Waals surface area (Å²) in [5.41, 5.74) is 1.26. The molecule has 2 amide bonds. The molecule has 24 heavy (non-hydrogen) atoms. The van der Waals surface area contributed by atoms with Crippen LogP contribution in [0.1, 0.15) is 25.8 Å². The van der Waals surface area contributed by atoms with Gasteiger partial charge in [-0.3, -0.25) is 14.4 Å². The Morgan fingerprint density at radius 1 is 1.25 bits per heavy atom. The van der Waals surface area contributed by atoms with Crippen molar-refractivity contribution in [1.29, 1.82) is 0 Å². The molecule has 1 heterocycles. The van der Waals surface area contributed by atoms with Crippen LogP contribution in [-0.4, -0.2) is 40.9 Å². The van der Waals surface area contributed by atoms with Gasteiger partial charge in [-0.1, -0.05) is 32.0 Å². The van der Waals surface area contributed by atoms with Crippen LogP contribution in [0.5, 0.6) is 0 Å². The lowest BCUT2D eigenvalue weighted by Crippen LogP contribution is -2.45. The van der Waals surface area contributed by atoms with E-state index in [2.05, 4.69) is 5.32 Å². The highest BCUT2D eigenvalue weighted by molar-refractivity contribution is 6.00. The topological polar surface area (TPSA) is 86.7 Å². The van der Waals surface area contributed by atoms with Gasteiger partial charge in [-0.25, -0.2) is 0 Å². The molecule has 0 spiro atoms. The number of carboxylic acids is 1. The average molecular weight is 330 g/mol. The van der Waals surface area contributed by atoms with Gasteiger partial charge in [-0.05, 0) is 29.9 Å². The van der Waals surface area contributed by atoms with E-state index in [1.807, 2.05) is 24.3 Å². The molecule has 0 unspecified atom stereocenters. The second-order valence-corrected chi connectivity index (χ2v) is 7.26. The molecule has 1 saturated carbocycles. The Kier molecular flexibility index (Phi) is 3.86. The Labute approximate surface area is 140 Å². The quantitative estimate of drug-likeness (QED) is 0.884. The molecular weight excluding hydrogens is 308 g/mol. The minimum atomic E-state index is -0.954. The van der Waals surface area contributed by atoms with Crippen molar-refractivity contribution in [3.8, 4) is 0 Å². The fourth-order valence-corrected chi connectivity index (χ4v) is 3.80. The molecule has 3 atom stereocenters. The Morgan fingerprint density at radius 2 is 1.92 bits per heavy atom. The summed E-state index contributed by atoms with van der Waals surface area (Å²) in [5.74, 6) is -2.69. The number of hydrogen-bond acceptors (Lipinski definition) is 3. The van der Waals surface area contributed by atoms with Crippen LogP contribution in [0.25, 0.3) is 0 Å². The van der Waals surface area contributed by atoms with E-state index in [-0.39, 0.29) is 11.8 Å². The number of aliphatic carboxylic acids is 1. The number of carboxylic acid groups (broad SMARTS) is 1. The largest absolute Gasteiger partial charge is 0.481 e. The van der Waals surface area contributed by atoms with Crippen molar-refractivity contribution in [2.45, 2.75) is 32.7 Å². The van der Waals surface area contributed by atoms with E-state index in [0.717, 1.165) is 11.3 Å². The fraction of sp³-hybridized carbons (Fsp3) is 0.500. The van der Waals surface area contributed by atoms with Gasteiger partial charge in [0.1, 0.15) is 6.04 Å². The molecule has 6 nitrogen and oxygen atoms in total. The van der Waals surface area contributed by atoms with Gasteiger partial charge in [0, 0.05) is 12.7 Å². The lowest BCUT2D eigenvalue weighted by molar-refractivity contribution is -0.143. The van der Waals surface area contributed by atoms with Crippen LogP contribution in [0, 0.1) is 17.3 Å². The second kappa shape index (κ2) is 5.61. The van der Waals surface area contributed by atoms with Crippen molar-refractivity contribution in [1.82, 2.24) is 4.90 Å². The Balaban J connectivity index is 1.76. The number of carbonyl (C=O) groups excluding carboxylic acids is 2. The van der Waals surface area contributed by atoms with Crippen molar-refractivity contribution < 1.29 is 19.5 Å². The van der Waals surface area contributed by atoms with Crippen LogP contribution in [0.3, 0.4) is 0 Å². The predicted molar refractivity (Wildman–Crippen MR) is 88.3 cm³/mol. The molecule has 1 aromatic rings. The number of anilines is 1. The summed E-state index contributed by atoms with van der Waals surface area (Å²) >= 11 is 0. The van der Waals surface area contributed by atoms with Crippen LogP contribution in [0.15, 0.2) is 24.3 Å². The summed E-state index contributed by atoms with van der Waals surface area (Å²) < 4.78 is 0. The number of fused-ring (bicyclic) bond motifs is 1. The summed E-state index contributed by atoms with van der Waals surface area (Å²) in [5, 5.41) is 12.1. The van der Waals surface area contributed by atoms with Gasteiger partial charge in [0.05, 0.1) is 11.8 Å². The predicted octanol–water partition coefficient (Wildman–Crippen LogP) is 1.76. The van der Waals surface area contributed by atoms with Crippen LogP contribution in [0.4, 0.5) is 5.69 Å². The Morgan fingerprint density at radius 3 is 2.54 bits per heavy atom. The molecule has 0 radical (unpaired) electrons. The van der Waals surface area contributed by atoms with Gasteiger partial charge in [0.25, 0.3) is 0 Å². The number of carbonyl (C=O) groups is 3. The number of para-hydroxylation sites is 1. The van der Waals surface area contributed by atoms with E-state index < -0.39 is 29.3 Å². The Bertz CT molecular complexity index is 713. The number of nitrogens with one attached hydrogen (secondary N) is 1. The van der Waals surface area contributed by atoms with E-state index in [0.29, 0.717) is 12.8 Å². The summed E-state index contributed by atoms with van der Waals surface area (Å²) in [6, 6.07) is 7.00. The third-order valence-corrected chi connectivity index (χ3v) is 5.44. The maximum Gasteiger partial charge on any atom is 0.307 e. The lowest BCUT2D eigenvalue weighted by Gasteiger charge is -2.26. The number of nitrogens with zero attached hydrogens (tertiary/aromatic N) is 1. The van der Waals surface area contributed by atoms with Crippen LogP contribution in [0.2, 0.25) is 0 Å². The smallest absolute Gasteiger partial charge is 0.307 e. The third-order valence-electron chi connectivity index (χ3n) is 5.44. The van der Waals surface area contributed by atoms with Crippen molar-refractivity contribution in [3.05, 3.63) is 29.8 Å². The molecule has 1 aliphatic carbocycles. The molecule has 0 bridgehead atoms. The van der Waals surface area contributed by atoms with Crippen molar-refractivity contribution >= 4 is 23.5 Å². The zero-order valence-corrected chi connectivity index (χ0v) is 14.1. The van der Waals surface area contributed by atoms with Gasteiger partial charge in [0.2, 0.25) is 11.8 Å². The fourth-order valence-electron chi connectivity index (χ4n) is 3.80. The van der Waals surface area contributed by atoms with Crippen LogP contribution >= 0.6 is 0 Å². The zero-order valence-electron chi connectivity index (χ0n) is 14.1. The number of hydrogen-bond donors (Lipinski definition) is 2. The highest BCUT2D eigenvalue weighted by Crippen LogP contribution is 2.59. The van der Waals surface area contributed by atoms with Crippen LogP contribution in [-0.2, 0) is 20.8 Å². The van der Waals surface area contributed by atoms with Crippen molar-refractivity contribution in [2.75, 3.05) is 12.4 Å². The number of benzene rings is 1. The van der Waals surface area contributed by atoms with Gasteiger partial charge in [-0.15, -0.1) is 0 Å². The summed E-state index contributed by atoms with van der Waals surface area (Å²) in [4.78, 5) is 38.0. The first-order valence-electron chi connectivity index (χ1n) is 8.13. The molecule has 128 valence electrons. The molecule has 2 aliphatic rings. The first-order valence-corrected chi connectivity index (χ1v) is 8.13. The zero-order chi connectivity index (χ0) is 17.6. The Hall–Kier alpha value is -2.37. The molecule has 0 saturated heterocycles. The minimum Gasteiger partial charge on any atom is -0.481 e. The summed E-state index contributed by atoms with van der Waals surface area (Å²) in [6.07, 6.45) is 1.21. The van der Waals surface area contributed by atoms with Gasteiger partial charge < -0.3 is 15.3 Å². The SMILES string of the molecule is CN(C(=O)[C@@H]1[C@@H](C(=O)O)C1(C)C)[C@H]1CCc2ccccc2NC1=O. The van der Waals surface area contributed by atoms with Crippen molar-refractivity contribution in [2.24, 2.45) is 17.3 Å². The summed E-state index contributed by atoms with van der Waals surface area (Å²) in [7, 11) is 1.59. The number of aryl methyl sites for hydroxylation is 1. The average Bonchev–Trinajstić information content (AvgIpc) is 3.14. The highest BCUT2D eigenvalue weighted by Gasteiger charge is 2.66. The molecule has 6 heteroatoms. The third kappa shape index (κ3) is 2.56. The maximum atomic E-state index is 12.7. The minimum absolute atomic E-state index is 0.221. The van der Waals surface area contributed by atoms with Gasteiger partial charge >= 0.3 is 5.97 Å². The van der Waals surface area contributed by atoms with E-state index >= 15 is 0 Å². The van der Waals surface area contributed by atoms with Gasteiger partial charge in [0.15, 0.2) is 0 Å². The monoisotopic (exact) mass is 330 g/mol. The highest BCUT2D eigenvalue weighted by atomic mass is 16.4. The van der Waals surface area contributed by atoms with Crippen LogP contribution < -0.4 is 5.32 Å². The van der Waals surface area contributed by atoms with Crippen molar-refractivity contribution in [3.63, 3.8) is 0 Å². The number of amides is 2. The van der Waals surface area contributed by atoms with E-state index in [1.54, 1.807) is 20.9 Å². The normalized spacial score (nSPS) is 27.5. The first-order chi connectivity index (χ1) is 11.2. The lowest BCUT2D eigenvalue weighted by atomic mass is 10.0.